The summed E-state index contributed by atoms with van der Waals surface area (Å²) in [5, 5.41) is 4.51. The van der Waals surface area contributed by atoms with Gasteiger partial charge in [0.2, 0.25) is 0 Å². The Morgan fingerprint density at radius 2 is 1.90 bits per heavy atom. The second kappa shape index (κ2) is 6.08. The monoisotopic (exact) mass is 287 g/mol. The standard InChI is InChI=1S/C16H21N3O2/c1-6-19-12(5)15(11(4)18-19)14-9-8-13(10(3)17-14)16(20)21-7-2/h8-9H,6-7H2,1-5H3. The van der Waals surface area contributed by atoms with Crippen LogP contribution in [-0.4, -0.2) is 27.3 Å². The molecular formula is C16H21N3O2. The zero-order chi connectivity index (χ0) is 15.6. The van der Waals surface area contributed by atoms with E-state index in [2.05, 4.69) is 17.0 Å². The van der Waals surface area contributed by atoms with Crippen LogP contribution in [-0.2, 0) is 11.3 Å². The average molecular weight is 287 g/mol. The van der Waals surface area contributed by atoms with Crippen LogP contribution in [0.3, 0.4) is 0 Å². The molecule has 0 radical (unpaired) electrons. The van der Waals surface area contributed by atoms with Crippen molar-refractivity contribution in [3.63, 3.8) is 0 Å². The van der Waals surface area contributed by atoms with E-state index in [1.165, 1.54) is 0 Å². The zero-order valence-electron chi connectivity index (χ0n) is 13.2. The fourth-order valence-electron chi connectivity index (χ4n) is 2.50. The van der Waals surface area contributed by atoms with Gasteiger partial charge in [0.25, 0.3) is 0 Å². The Balaban J connectivity index is 2.46. The van der Waals surface area contributed by atoms with Crippen LogP contribution in [0.25, 0.3) is 11.3 Å². The molecule has 0 atom stereocenters. The van der Waals surface area contributed by atoms with Gasteiger partial charge in [0.05, 0.1) is 29.3 Å². The summed E-state index contributed by atoms with van der Waals surface area (Å²) >= 11 is 0. The molecule has 0 N–H and O–H groups in total. The van der Waals surface area contributed by atoms with Crippen molar-refractivity contribution >= 4 is 5.97 Å². The lowest BCUT2D eigenvalue weighted by Crippen LogP contribution is -2.08. The van der Waals surface area contributed by atoms with Gasteiger partial charge < -0.3 is 4.74 Å². The van der Waals surface area contributed by atoms with Crippen LogP contribution in [0.5, 0.6) is 0 Å². The molecule has 0 fully saturated rings. The number of rotatable bonds is 4. The lowest BCUT2D eigenvalue weighted by Gasteiger charge is -2.08. The number of hydrogen-bond acceptors (Lipinski definition) is 4. The molecule has 5 nitrogen and oxygen atoms in total. The number of aromatic nitrogens is 3. The Labute approximate surface area is 125 Å². The van der Waals surface area contributed by atoms with E-state index in [0.717, 1.165) is 29.2 Å². The van der Waals surface area contributed by atoms with E-state index in [1.807, 2.05) is 31.5 Å². The summed E-state index contributed by atoms with van der Waals surface area (Å²) in [5.74, 6) is -0.327. The van der Waals surface area contributed by atoms with Crippen LogP contribution in [0.2, 0.25) is 0 Å². The summed E-state index contributed by atoms with van der Waals surface area (Å²) in [6.45, 7) is 10.9. The summed E-state index contributed by atoms with van der Waals surface area (Å²) in [7, 11) is 0. The van der Waals surface area contributed by atoms with E-state index in [4.69, 9.17) is 4.74 Å². The number of esters is 1. The Morgan fingerprint density at radius 3 is 2.43 bits per heavy atom. The van der Waals surface area contributed by atoms with E-state index in [1.54, 1.807) is 13.0 Å². The highest BCUT2D eigenvalue weighted by molar-refractivity contribution is 5.91. The minimum Gasteiger partial charge on any atom is -0.462 e. The summed E-state index contributed by atoms with van der Waals surface area (Å²) < 4.78 is 6.99. The third-order valence-corrected chi connectivity index (χ3v) is 3.52. The largest absolute Gasteiger partial charge is 0.462 e. The smallest absolute Gasteiger partial charge is 0.339 e. The van der Waals surface area contributed by atoms with Gasteiger partial charge in [-0.15, -0.1) is 0 Å². The number of carbonyl (C=O) groups excluding carboxylic acids is 1. The Bertz CT molecular complexity index is 674. The molecule has 112 valence electrons. The van der Waals surface area contributed by atoms with E-state index in [9.17, 15) is 4.79 Å². The maximum absolute atomic E-state index is 11.8. The SMILES string of the molecule is CCOC(=O)c1ccc(-c2c(C)nn(CC)c2C)nc1C. The highest BCUT2D eigenvalue weighted by Crippen LogP contribution is 2.26. The van der Waals surface area contributed by atoms with Gasteiger partial charge in [-0.3, -0.25) is 9.67 Å². The molecule has 0 bridgehead atoms. The van der Waals surface area contributed by atoms with Crippen molar-refractivity contribution in [1.82, 2.24) is 14.8 Å². The first kappa shape index (κ1) is 15.2. The van der Waals surface area contributed by atoms with Crippen molar-refractivity contribution in [3.05, 3.63) is 34.8 Å². The Hall–Kier alpha value is -2.17. The number of ether oxygens (including phenoxy) is 1. The molecule has 0 spiro atoms. The van der Waals surface area contributed by atoms with Gasteiger partial charge in [-0.05, 0) is 46.8 Å². The lowest BCUT2D eigenvalue weighted by molar-refractivity contribution is 0.0525. The number of pyridine rings is 1. The van der Waals surface area contributed by atoms with Crippen LogP contribution in [0.1, 0.15) is 41.3 Å². The van der Waals surface area contributed by atoms with Crippen LogP contribution < -0.4 is 0 Å². The highest BCUT2D eigenvalue weighted by atomic mass is 16.5. The molecule has 0 saturated carbocycles. The fraction of sp³-hybridized carbons (Fsp3) is 0.438. The molecule has 0 aromatic carbocycles. The van der Waals surface area contributed by atoms with Crippen molar-refractivity contribution in [1.29, 1.82) is 0 Å². The minimum absolute atomic E-state index is 0.327. The number of carbonyl (C=O) groups is 1. The molecule has 5 heteroatoms. The van der Waals surface area contributed by atoms with E-state index >= 15 is 0 Å². The van der Waals surface area contributed by atoms with E-state index in [0.29, 0.717) is 17.9 Å². The number of nitrogens with zero attached hydrogens (tertiary/aromatic N) is 3. The van der Waals surface area contributed by atoms with Gasteiger partial charge in [-0.2, -0.15) is 5.10 Å². The maximum Gasteiger partial charge on any atom is 0.339 e. The van der Waals surface area contributed by atoms with Crippen molar-refractivity contribution < 1.29 is 9.53 Å². The first-order chi connectivity index (χ1) is 9.99. The first-order valence-electron chi connectivity index (χ1n) is 7.18. The summed E-state index contributed by atoms with van der Waals surface area (Å²) in [6.07, 6.45) is 0. The average Bonchev–Trinajstić information content (AvgIpc) is 2.73. The van der Waals surface area contributed by atoms with Gasteiger partial charge in [-0.1, -0.05) is 0 Å². The quantitative estimate of drug-likeness (QED) is 0.811. The van der Waals surface area contributed by atoms with E-state index < -0.39 is 0 Å². The number of aryl methyl sites for hydroxylation is 3. The predicted molar refractivity (Wildman–Crippen MR) is 81.3 cm³/mol. The zero-order valence-corrected chi connectivity index (χ0v) is 13.2. The van der Waals surface area contributed by atoms with Gasteiger partial charge in [0.1, 0.15) is 0 Å². The van der Waals surface area contributed by atoms with Gasteiger partial charge in [-0.25, -0.2) is 4.79 Å². The molecule has 0 aliphatic carbocycles. The molecule has 0 amide bonds. The van der Waals surface area contributed by atoms with Gasteiger partial charge >= 0.3 is 5.97 Å². The maximum atomic E-state index is 11.8. The Kier molecular flexibility index (Phi) is 4.40. The first-order valence-corrected chi connectivity index (χ1v) is 7.18. The van der Waals surface area contributed by atoms with Gasteiger partial charge in [0.15, 0.2) is 0 Å². The molecule has 21 heavy (non-hydrogen) atoms. The van der Waals surface area contributed by atoms with Crippen molar-refractivity contribution in [3.8, 4) is 11.3 Å². The van der Waals surface area contributed by atoms with E-state index in [-0.39, 0.29) is 5.97 Å². The van der Waals surface area contributed by atoms with Crippen LogP contribution in [0.4, 0.5) is 0 Å². The third kappa shape index (κ3) is 2.82. The normalized spacial score (nSPS) is 10.7. The summed E-state index contributed by atoms with van der Waals surface area (Å²) in [4.78, 5) is 16.4. The second-order valence-corrected chi connectivity index (χ2v) is 4.91. The molecule has 0 aliphatic heterocycles. The number of hydrogen-bond donors (Lipinski definition) is 0. The highest BCUT2D eigenvalue weighted by Gasteiger charge is 2.17. The van der Waals surface area contributed by atoms with Crippen molar-refractivity contribution in [2.75, 3.05) is 6.61 Å². The van der Waals surface area contributed by atoms with Crippen LogP contribution >= 0.6 is 0 Å². The lowest BCUT2D eigenvalue weighted by atomic mass is 10.1. The van der Waals surface area contributed by atoms with Gasteiger partial charge in [0, 0.05) is 17.8 Å². The molecule has 2 aromatic heterocycles. The molecular weight excluding hydrogens is 266 g/mol. The molecule has 2 rings (SSSR count). The molecule has 0 unspecified atom stereocenters. The van der Waals surface area contributed by atoms with Crippen LogP contribution in [0.15, 0.2) is 12.1 Å². The van der Waals surface area contributed by atoms with Crippen LogP contribution in [0, 0.1) is 20.8 Å². The molecule has 2 aromatic rings. The van der Waals surface area contributed by atoms with Crippen molar-refractivity contribution in [2.24, 2.45) is 0 Å². The summed E-state index contributed by atoms with van der Waals surface area (Å²) in [5.41, 5.74) is 5.11. The summed E-state index contributed by atoms with van der Waals surface area (Å²) in [6, 6.07) is 3.63. The van der Waals surface area contributed by atoms with Crippen molar-refractivity contribution in [2.45, 2.75) is 41.2 Å². The molecule has 0 saturated heterocycles. The third-order valence-electron chi connectivity index (χ3n) is 3.52. The minimum atomic E-state index is -0.327. The Morgan fingerprint density at radius 1 is 1.19 bits per heavy atom. The molecule has 0 aliphatic rings. The fourth-order valence-corrected chi connectivity index (χ4v) is 2.50. The topological polar surface area (TPSA) is 57.0 Å². The second-order valence-electron chi connectivity index (χ2n) is 4.91. The predicted octanol–water partition coefficient (Wildman–Crippen LogP) is 3.07. The molecule has 2 heterocycles.